The van der Waals surface area contributed by atoms with Crippen molar-refractivity contribution in [2.45, 2.75) is 38.5 Å². The number of allylic oxidation sites excluding steroid dienone is 2. The highest BCUT2D eigenvalue weighted by atomic mass is 16.4. The second-order valence-corrected chi connectivity index (χ2v) is 4.93. The first kappa shape index (κ1) is 10.7. The molecule has 3 nitrogen and oxygen atoms in total. The Kier molecular flexibility index (Phi) is 2.83. The third-order valence-electron chi connectivity index (χ3n) is 4.01. The first-order chi connectivity index (χ1) is 7.18. The van der Waals surface area contributed by atoms with Crippen LogP contribution in [0.4, 0.5) is 0 Å². The topological polar surface area (TPSA) is 63.3 Å². The van der Waals surface area contributed by atoms with Crippen molar-refractivity contribution in [3.63, 3.8) is 0 Å². The number of carboxylic acids is 1. The van der Waals surface area contributed by atoms with Crippen LogP contribution in [-0.4, -0.2) is 17.6 Å². The highest BCUT2D eigenvalue weighted by Crippen LogP contribution is 2.55. The number of hydrogen-bond acceptors (Lipinski definition) is 2. The molecule has 84 valence electrons. The summed E-state index contributed by atoms with van der Waals surface area (Å²) in [5.41, 5.74) is 7.13. The number of carboxylic acid groups (broad SMARTS) is 1. The molecule has 2 atom stereocenters. The number of carbonyl (C=O) groups is 1. The molecule has 1 saturated carbocycles. The number of fused-ring (bicyclic) bond motifs is 1. The van der Waals surface area contributed by atoms with Crippen LogP contribution in [0.3, 0.4) is 0 Å². The van der Waals surface area contributed by atoms with Crippen LogP contribution in [0.25, 0.3) is 0 Å². The van der Waals surface area contributed by atoms with Crippen molar-refractivity contribution in [2.75, 3.05) is 6.54 Å². The van der Waals surface area contributed by atoms with E-state index in [0.717, 1.165) is 12.8 Å². The van der Waals surface area contributed by atoms with Crippen molar-refractivity contribution in [3.8, 4) is 0 Å². The second-order valence-electron chi connectivity index (χ2n) is 4.93. The standard InChI is InChI=1S/C12H19NO2/c13-8-12(7-11(14)15)6-9-4-2-1-3-5-10(9)12/h4,10H,1-3,5-8,13H2,(H,14,15)/t10-,12+/m0/s1. The van der Waals surface area contributed by atoms with E-state index < -0.39 is 5.97 Å². The van der Waals surface area contributed by atoms with E-state index in [-0.39, 0.29) is 11.8 Å². The SMILES string of the molecule is NC[C@]1(CC(=O)O)CC2=CCCCC[C@@H]21. The van der Waals surface area contributed by atoms with Gasteiger partial charge in [0, 0.05) is 5.41 Å². The molecule has 0 aliphatic heterocycles. The molecule has 3 N–H and O–H groups in total. The van der Waals surface area contributed by atoms with E-state index >= 15 is 0 Å². The fraction of sp³-hybridized carbons (Fsp3) is 0.750. The zero-order valence-corrected chi connectivity index (χ0v) is 9.04. The molecule has 2 rings (SSSR count). The Bertz CT molecular complexity index is 298. The molecule has 2 aliphatic rings. The molecule has 0 aromatic heterocycles. The molecule has 1 fully saturated rings. The van der Waals surface area contributed by atoms with Crippen LogP contribution >= 0.6 is 0 Å². The van der Waals surface area contributed by atoms with Crippen molar-refractivity contribution in [2.24, 2.45) is 17.1 Å². The number of nitrogens with two attached hydrogens (primary N) is 1. The van der Waals surface area contributed by atoms with E-state index in [9.17, 15) is 4.79 Å². The van der Waals surface area contributed by atoms with Gasteiger partial charge in [-0.15, -0.1) is 0 Å². The largest absolute Gasteiger partial charge is 0.481 e. The predicted octanol–water partition coefficient (Wildman–Crippen LogP) is 1.93. The fourth-order valence-corrected chi connectivity index (χ4v) is 3.17. The van der Waals surface area contributed by atoms with Crippen LogP contribution < -0.4 is 5.73 Å². The average molecular weight is 209 g/mol. The number of hydrogen-bond donors (Lipinski definition) is 2. The Labute approximate surface area is 90.3 Å². The zero-order valence-electron chi connectivity index (χ0n) is 9.04. The minimum atomic E-state index is -0.705. The Balaban J connectivity index is 2.12. The summed E-state index contributed by atoms with van der Waals surface area (Å²) in [6.07, 6.45) is 8.23. The van der Waals surface area contributed by atoms with E-state index in [4.69, 9.17) is 10.8 Å². The molecule has 0 amide bonds. The normalized spacial score (nSPS) is 34.7. The van der Waals surface area contributed by atoms with Gasteiger partial charge < -0.3 is 10.8 Å². The molecule has 2 aliphatic carbocycles. The van der Waals surface area contributed by atoms with E-state index in [2.05, 4.69) is 6.08 Å². The maximum atomic E-state index is 10.9. The van der Waals surface area contributed by atoms with Crippen molar-refractivity contribution >= 4 is 5.97 Å². The number of rotatable bonds is 3. The van der Waals surface area contributed by atoms with Crippen LogP contribution in [0, 0.1) is 11.3 Å². The molecule has 0 aromatic rings. The molecule has 0 heterocycles. The van der Waals surface area contributed by atoms with Gasteiger partial charge in [-0.25, -0.2) is 0 Å². The van der Waals surface area contributed by atoms with Crippen LogP contribution in [0.1, 0.15) is 38.5 Å². The summed E-state index contributed by atoms with van der Waals surface area (Å²) >= 11 is 0. The molecule has 0 saturated heterocycles. The summed E-state index contributed by atoms with van der Waals surface area (Å²) in [6, 6.07) is 0. The lowest BCUT2D eigenvalue weighted by Gasteiger charge is -2.50. The van der Waals surface area contributed by atoms with E-state index in [1.165, 1.54) is 24.8 Å². The minimum Gasteiger partial charge on any atom is -0.481 e. The lowest BCUT2D eigenvalue weighted by Crippen LogP contribution is -2.49. The van der Waals surface area contributed by atoms with Gasteiger partial charge >= 0.3 is 5.97 Å². The van der Waals surface area contributed by atoms with Crippen molar-refractivity contribution in [3.05, 3.63) is 11.6 Å². The van der Waals surface area contributed by atoms with Crippen LogP contribution in [0.15, 0.2) is 11.6 Å². The second kappa shape index (κ2) is 3.97. The summed E-state index contributed by atoms with van der Waals surface area (Å²) in [6.45, 7) is 0.515. The third kappa shape index (κ3) is 1.81. The van der Waals surface area contributed by atoms with Crippen LogP contribution in [0.2, 0.25) is 0 Å². The summed E-state index contributed by atoms with van der Waals surface area (Å²) in [5.74, 6) is -0.246. The minimum absolute atomic E-state index is 0.123. The van der Waals surface area contributed by atoms with Gasteiger partial charge in [-0.2, -0.15) is 0 Å². The molecule has 0 radical (unpaired) electrons. The summed E-state index contributed by atoms with van der Waals surface area (Å²) in [7, 11) is 0. The molecule has 0 bridgehead atoms. The lowest BCUT2D eigenvalue weighted by atomic mass is 9.54. The van der Waals surface area contributed by atoms with Crippen molar-refractivity contribution in [1.29, 1.82) is 0 Å². The molecular formula is C12H19NO2. The number of aliphatic carboxylic acids is 1. The first-order valence-corrected chi connectivity index (χ1v) is 5.79. The molecule has 0 unspecified atom stereocenters. The smallest absolute Gasteiger partial charge is 0.303 e. The maximum Gasteiger partial charge on any atom is 0.303 e. The zero-order chi connectivity index (χ0) is 10.9. The highest BCUT2D eigenvalue weighted by Gasteiger charge is 2.50. The van der Waals surface area contributed by atoms with Gasteiger partial charge in [0.15, 0.2) is 0 Å². The molecule has 0 aromatic carbocycles. The quantitative estimate of drug-likeness (QED) is 0.698. The fourth-order valence-electron chi connectivity index (χ4n) is 3.17. The molecular weight excluding hydrogens is 190 g/mol. The third-order valence-corrected chi connectivity index (χ3v) is 4.01. The Hall–Kier alpha value is -0.830. The van der Waals surface area contributed by atoms with Gasteiger partial charge in [0.25, 0.3) is 0 Å². The van der Waals surface area contributed by atoms with E-state index in [1.54, 1.807) is 0 Å². The first-order valence-electron chi connectivity index (χ1n) is 5.79. The average Bonchev–Trinajstić information content (AvgIpc) is 2.36. The van der Waals surface area contributed by atoms with Gasteiger partial charge in [0.1, 0.15) is 0 Å². The Morgan fingerprint density at radius 3 is 3.07 bits per heavy atom. The van der Waals surface area contributed by atoms with Crippen LogP contribution in [0.5, 0.6) is 0 Å². The van der Waals surface area contributed by atoms with Crippen LogP contribution in [-0.2, 0) is 4.79 Å². The van der Waals surface area contributed by atoms with Crippen molar-refractivity contribution < 1.29 is 9.90 Å². The highest BCUT2D eigenvalue weighted by molar-refractivity contribution is 5.68. The molecule has 3 heteroatoms. The molecule has 15 heavy (non-hydrogen) atoms. The van der Waals surface area contributed by atoms with Gasteiger partial charge in [0.05, 0.1) is 6.42 Å². The van der Waals surface area contributed by atoms with Gasteiger partial charge in [-0.1, -0.05) is 18.1 Å². The Morgan fingerprint density at radius 1 is 1.60 bits per heavy atom. The van der Waals surface area contributed by atoms with E-state index in [1.807, 2.05) is 0 Å². The van der Waals surface area contributed by atoms with Gasteiger partial charge in [-0.3, -0.25) is 4.79 Å². The van der Waals surface area contributed by atoms with Gasteiger partial charge in [0.2, 0.25) is 0 Å². The summed E-state index contributed by atoms with van der Waals surface area (Å²) < 4.78 is 0. The van der Waals surface area contributed by atoms with Crippen molar-refractivity contribution in [1.82, 2.24) is 0 Å². The monoisotopic (exact) mass is 209 g/mol. The Morgan fingerprint density at radius 2 is 2.40 bits per heavy atom. The summed E-state index contributed by atoms with van der Waals surface area (Å²) in [5, 5.41) is 8.93. The maximum absolute atomic E-state index is 10.9. The predicted molar refractivity (Wildman–Crippen MR) is 58.4 cm³/mol. The summed E-state index contributed by atoms with van der Waals surface area (Å²) in [4.78, 5) is 10.9. The van der Waals surface area contributed by atoms with Gasteiger partial charge in [-0.05, 0) is 38.1 Å². The molecule has 0 spiro atoms. The lowest BCUT2D eigenvalue weighted by molar-refractivity contribution is -0.141. The van der Waals surface area contributed by atoms with E-state index in [0.29, 0.717) is 12.5 Å².